The Morgan fingerprint density at radius 1 is 1.09 bits per heavy atom. The van der Waals surface area contributed by atoms with Crippen molar-refractivity contribution in [3.63, 3.8) is 0 Å². The zero-order valence-corrected chi connectivity index (χ0v) is 18.8. The van der Waals surface area contributed by atoms with Crippen LogP contribution in [0.2, 0.25) is 0 Å². The van der Waals surface area contributed by atoms with Crippen LogP contribution in [0.25, 0.3) is 28.2 Å². The second kappa shape index (κ2) is 9.37. The highest BCUT2D eigenvalue weighted by Crippen LogP contribution is 2.39. The van der Waals surface area contributed by atoms with Gasteiger partial charge >= 0.3 is 0 Å². The van der Waals surface area contributed by atoms with Gasteiger partial charge in [-0.05, 0) is 69.0 Å². The summed E-state index contributed by atoms with van der Waals surface area (Å²) in [5.41, 5.74) is 4.98. The maximum Gasteiger partial charge on any atom is 0.145 e. The Balaban J connectivity index is 1.60. The third-order valence-electron chi connectivity index (χ3n) is 6.55. The van der Waals surface area contributed by atoms with E-state index in [0.29, 0.717) is 17.3 Å². The number of aliphatic hydroxyl groups is 1. The Hall–Kier alpha value is -3.16. The maximum atomic E-state index is 15.0. The third-order valence-corrected chi connectivity index (χ3v) is 6.55. The highest BCUT2D eigenvalue weighted by atomic mass is 19.1. The highest BCUT2D eigenvalue weighted by Gasteiger charge is 2.26. The number of fused-ring (bicyclic) bond motifs is 1. The van der Waals surface area contributed by atoms with Gasteiger partial charge < -0.3 is 10.0 Å². The van der Waals surface area contributed by atoms with Gasteiger partial charge in [0, 0.05) is 36.7 Å². The van der Waals surface area contributed by atoms with E-state index in [9.17, 15) is 0 Å². The minimum atomic E-state index is -0.241. The number of hydrogen-bond acceptors (Lipinski definition) is 5. The molecule has 1 fully saturated rings. The van der Waals surface area contributed by atoms with Crippen molar-refractivity contribution in [3.8, 4) is 22.5 Å². The number of aliphatic hydroxyl groups excluding tert-OH is 1. The molecule has 0 unspecified atom stereocenters. The van der Waals surface area contributed by atoms with Gasteiger partial charge in [-0.25, -0.2) is 19.3 Å². The van der Waals surface area contributed by atoms with E-state index in [-0.39, 0.29) is 12.4 Å². The molecule has 0 saturated carbocycles. The zero-order valence-electron chi connectivity index (χ0n) is 18.8. The van der Waals surface area contributed by atoms with Crippen molar-refractivity contribution in [2.24, 2.45) is 0 Å². The van der Waals surface area contributed by atoms with Crippen LogP contribution in [0.4, 0.5) is 4.39 Å². The minimum Gasteiger partial charge on any atom is -0.396 e. The summed E-state index contributed by atoms with van der Waals surface area (Å²) in [5.74, 6) is 0.785. The topological polar surface area (TPSA) is 66.5 Å². The number of aryl methyl sites for hydroxylation is 1. The van der Waals surface area contributed by atoms with Crippen LogP contribution < -0.4 is 0 Å². The van der Waals surface area contributed by atoms with Gasteiger partial charge in [0.2, 0.25) is 0 Å². The Labute approximate surface area is 192 Å². The summed E-state index contributed by atoms with van der Waals surface area (Å²) in [6.07, 6.45) is 8.39. The van der Waals surface area contributed by atoms with Crippen molar-refractivity contribution >= 4 is 5.65 Å². The van der Waals surface area contributed by atoms with Crippen LogP contribution in [0.15, 0.2) is 55.0 Å². The number of pyridine rings is 1. The summed E-state index contributed by atoms with van der Waals surface area (Å²) in [4.78, 5) is 15.9. The van der Waals surface area contributed by atoms with E-state index in [1.54, 1.807) is 12.3 Å². The van der Waals surface area contributed by atoms with Gasteiger partial charge in [-0.2, -0.15) is 0 Å². The molecule has 4 aromatic rings. The van der Waals surface area contributed by atoms with Gasteiger partial charge in [0.1, 0.15) is 17.3 Å². The lowest BCUT2D eigenvalue weighted by Crippen LogP contribution is -2.34. The van der Waals surface area contributed by atoms with Gasteiger partial charge in [-0.3, -0.25) is 4.40 Å². The second-order valence-electron chi connectivity index (χ2n) is 8.65. The lowest BCUT2D eigenvalue weighted by atomic mass is 9.85. The molecule has 1 saturated heterocycles. The van der Waals surface area contributed by atoms with Gasteiger partial charge in [0.15, 0.2) is 0 Å². The smallest absolute Gasteiger partial charge is 0.145 e. The number of likely N-dealkylation sites (tertiary alicyclic amines) is 1. The van der Waals surface area contributed by atoms with E-state index in [2.05, 4.69) is 20.9 Å². The normalized spacial score (nSPS) is 15.4. The largest absolute Gasteiger partial charge is 0.396 e. The van der Waals surface area contributed by atoms with E-state index in [1.165, 1.54) is 6.07 Å². The molecule has 0 bridgehead atoms. The first-order chi connectivity index (χ1) is 16.2. The summed E-state index contributed by atoms with van der Waals surface area (Å²) in [6.45, 7) is 4.97. The van der Waals surface area contributed by atoms with Crippen molar-refractivity contribution in [2.45, 2.75) is 32.1 Å². The van der Waals surface area contributed by atoms with E-state index in [1.807, 2.05) is 41.9 Å². The molecular weight excluding hydrogens is 417 g/mol. The van der Waals surface area contributed by atoms with Crippen LogP contribution in [0.1, 0.15) is 36.6 Å². The molecular formula is C26H28FN5O. The number of imidazole rings is 1. The lowest BCUT2D eigenvalue weighted by molar-refractivity contribution is 0.188. The molecule has 0 amide bonds. The predicted octanol–water partition coefficient (Wildman–Crippen LogP) is 4.47. The van der Waals surface area contributed by atoms with Crippen LogP contribution in [0.5, 0.6) is 0 Å². The summed E-state index contributed by atoms with van der Waals surface area (Å²) >= 11 is 0. The number of halogens is 1. The first kappa shape index (κ1) is 21.7. The fourth-order valence-electron chi connectivity index (χ4n) is 4.89. The second-order valence-corrected chi connectivity index (χ2v) is 8.65. The van der Waals surface area contributed by atoms with Crippen molar-refractivity contribution in [3.05, 3.63) is 72.2 Å². The van der Waals surface area contributed by atoms with Crippen LogP contribution in [-0.2, 0) is 0 Å². The average molecular weight is 446 g/mol. The third kappa shape index (κ3) is 4.26. The summed E-state index contributed by atoms with van der Waals surface area (Å²) in [5, 5.41) is 9.14. The Morgan fingerprint density at radius 3 is 2.67 bits per heavy atom. The first-order valence-corrected chi connectivity index (χ1v) is 11.5. The minimum absolute atomic E-state index is 0.224. The highest BCUT2D eigenvalue weighted by molar-refractivity contribution is 5.83. The Bertz CT molecular complexity index is 1260. The van der Waals surface area contributed by atoms with E-state index >= 15 is 4.39 Å². The maximum absolute atomic E-state index is 15.0. The molecule has 6 nitrogen and oxygen atoms in total. The molecule has 170 valence electrons. The number of rotatable bonds is 6. The zero-order chi connectivity index (χ0) is 22.8. The molecule has 0 aliphatic carbocycles. The van der Waals surface area contributed by atoms with Gasteiger partial charge in [-0.15, -0.1) is 0 Å². The molecule has 1 aliphatic rings. The Morgan fingerprint density at radius 2 is 1.91 bits per heavy atom. The molecule has 5 rings (SSSR count). The molecule has 1 N–H and O–H groups in total. The number of hydrogen-bond donors (Lipinski definition) is 1. The van der Waals surface area contributed by atoms with E-state index in [0.717, 1.165) is 67.1 Å². The van der Waals surface area contributed by atoms with Crippen LogP contribution in [-0.4, -0.2) is 55.6 Å². The van der Waals surface area contributed by atoms with Crippen molar-refractivity contribution < 1.29 is 9.50 Å². The number of piperidine rings is 1. The number of nitrogens with zero attached hydrogens (tertiary/aromatic N) is 5. The fourth-order valence-corrected chi connectivity index (χ4v) is 4.89. The van der Waals surface area contributed by atoms with Crippen molar-refractivity contribution in [1.82, 2.24) is 24.3 Å². The lowest BCUT2D eigenvalue weighted by Gasteiger charge is -2.33. The molecule has 0 atom stereocenters. The Kier molecular flexibility index (Phi) is 6.15. The SMILES string of the molecule is Cc1nccc(-c2cnc3c(-c4ccccc4F)c(C4CCN(CCCO)CC4)ccn23)n1. The van der Waals surface area contributed by atoms with Gasteiger partial charge in [-0.1, -0.05) is 18.2 Å². The monoisotopic (exact) mass is 445 g/mol. The quantitative estimate of drug-likeness (QED) is 0.474. The van der Waals surface area contributed by atoms with E-state index in [4.69, 9.17) is 10.1 Å². The molecule has 0 radical (unpaired) electrons. The fraction of sp³-hybridized carbons (Fsp3) is 0.346. The molecule has 33 heavy (non-hydrogen) atoms. The molecule has 1 aromatic carbocycles. The van der Waals surface area contributed by atoms with Gasteiger partial charge in [0.25, 0.3) is 0 Å². The summed E-state index contributed by atoms with van der Waals surface area (Å²) in [7, 11) is 0. The number of aromatic nitrogens is 4. The standard InChI is InChI=1S/C26H28FN5O/c1-18-28-11-7-23(30-18)24-17-29-26-25(21-5-2-3-6-22(21)27)20(10-15-32(24)26)19-8-13-31(14-9-19)12-4-16-33/h2-3,5-7,10-11,15,17,19,33H,4,8-9,12-14,16H2,1H3. The summed E-state index contributed by atoms with van der Waals surface area (Å²) in [6, 6.07) is 10.9. The molecule has 4 heterocycles. The van der Waals surface area contributed by atoms with Gasteiger partial charge in [0.05, 0.1) is 17.6 Å². The van der Waals surface area contributed by atoms with Crippen LogP contribution >= 0.6 is 0 Å². The summed E-state index contributed by atoms with van der Waals surface area (Å²) < 4.78 is 17.0. The van der Waals surface area contributed by atoms with Crippen LogP contribution in [0.3, 0.4) is 0 Å². The van der Waals surface area contributed by atoms with Crippen LogP contribution in [0, 0.1) is 12.7 Å². The molecule has 3 aromatic heterocycles. The van der Waals surface area contributed by atoms with Crippen molar-refractivity contribution in [2.75, 3.05) is 26.2 Å². The predicted molar refractivity (Wildman–Crippen MR) is 126 cm³/mol. The van der Waals surface area contributed by atoms with E-state index < -0.39 is 0 Å². The molecule has 1 aliphatic heterocycles. The first-order valence-electron chi connectivity index (χ1n) is 11.5. The molecule has 0 spiro atoms. The average Bonchev–Trinajstić information content (AvgIpc) is 3.27. The van der Waals surface area contributed by atoms with Crippen molar-refractivity contribution in [1.29, 1.82) is 0 Å². The number of benzene rings is 1. The molecule has 7 heteroatoms.